The van der Waals surface area contributed by atoms with Crippen LogP contribution in [0.25, 0.3) is 10.9 Å². The van der Waals surface area contributed by atoms with Crippen molar-refractivity contribution in [2.45, 2.75) is 46.1 Å². The van der Waals surface area contributed by atoms with E-state index in [1.165, 1.54) is 7.11 Å². The van der Waals surface area contributed by atoms with Crippen molar-refractivity contribution in [1.82, 2.24) is 25.9 Å². The van der Waals surface area contributed by atoms with E-state index in [-0.39, 0.29) is 23.6 Å². The largest absolute Gasteiger partial charge is 0.496 e. The van der Waals surface area contributed by atoms with Crippen LogP contribution in [0.15, 0.2) is 30.3 Å². The maximum absolute atomic E-state index is 13.2. The van der Waals surface area contributed by atoms with Crippen LogP contribution in [0.4, 0.5) is 0 Å². The first-order chi connectivity index (χ1) is 20.1. The second-order valence-corrected chi connectivity index (χ2v) is 10.4. The molecular weight excluding hydrogens is 542 g/mol. The zero-order valence-corrected chi connectivity index (χ0v) is 24.1. The molecule has 0 bridgehead atoms. The maximum Gasteiger partial charge on any atom is 0.340 e. The van der Waals surface area contributed by atoms with Gasteiger partial charge in [0.15, 0.2) is 12.4 Å². The predicted molar refractivity (Wildman–Crippen MR) is 153 cm³/mol. The van der Waals surface area contributed by atoms with Gasteiger partial charge in [0.25, 0.3) is 5.91 Å². The molecule has 0 saturated carbocycles. The van der Waals surface area contributed by atoms with E-state index in [1.807, 2.05) is 6.92 Å². The number of nitrogens with zero attached hydrogens (tertiary/aromatic N) is 1. The fraction of sp³-hybridized carbons (Fsp3) is 0.400. The molecule has 1 fully saturated rings. The molecule has 4 rings (SSSR count). The summed E-state index contributed by atoms with van der Waals surface area (Å²) < 4.78 is 10.6. The molecule has 42 heavy (non-hydrogen) atoms. The van der Waals surface area contributed by atoms with Gasteiger partial charge in [-0.05, 0) is 69.9 Å². The van der Waals surface area contributed by atoms with Crippen LogP contribution in [0.5, 0.6) is 5.75 Å². The van der Waals surface area contributed by atoms with Gasteiger partial charge in [-0.1, -0.05) is 6.07 Å². The number of fused-ring (bicyclic) bond motifs is 1. The number of carbonyl (C=O) groups is 5. The molecule has 3 aromatic rings. The fourth-order valence-electron chi connectivity index (χ4n) is 5.19. The lowest BCUT2D eigenvalue weighted by molar-refractivity contribution is -0.132. The SMILES string of the molecule is COc1cccc2[nH]c(C(=O)NCC(=O)NC(C[C@@H]3CCCNC3=O)C(=O)COC(=O)c3c(C)cc(C)nc3C)cc12. The first-order valence-electron chi connectivity index (χ1n) is 13.7. The molecule has 222 valence electrons. The van der Waals surface area contributed by atoms with Gasteiger partial charge >= 0.3 is 5.97 Å². The highest BCUT2D eigenvalue weighted by molar-refractivity contribution is 6.01. The number of benzene rings is 1. The number of hydrogen-bond acceptors (Lipinski definition) is 8. The van der Waals surface area contributed by atoms with Crippen LogP contribution in [0.2, 0.25) is 0 Å². The standard InChI is InChI=1S/C30H35N5O7/c1-16-11-17(2)33-18(3)27(16)30(40)42-15-24(36)22(12-19-7-6-10-31-28(19)38)35-26(37)14-32-29(39)23-13-20-21(34-23)8-5-9-25(20)41-4/h5,8-9,11,13,19,22,34H,6-7,10,12,14-15H2,1-4H3,(H,31,38)(H,32,39)(H,35,37)/t19-,22?/m0/s1. The highest BCUT2D eigenvalue weighted by Crippen LogP contribution is 2.26. The van der Waals surface area contributed by atoms with Gasteiger partial charge < -0.3 is 30.4 Å². The number of aromatic amines is 1. The van der Waals surface area contributed by atoms with Crippen molar-refractivity contribution < 1.29 is 33.4 Å². The van der Waals surface area contributed by atoms with Crippen LogP contribution in [-0.2, 0) is 19.1 Å². The topological polar surface area (TPSA) is 169 Å². The number of ether oxygens (including phenoxy) is 2. The van der Waals surface area contributed by atoms with Crippen molar-refractivity contribution in [3.8, 4) is 5.75 Å². The number of hydrogen-bond donors (Lipinski definition) is 4. The second-order valence-electron chi connectivity index (χ2n) is 10.4. The number of aromatic nitrogens is 2. The predicted octanol–water partition coefficient (Wildman–Crippen LogP) is 2.05. The number of H-pyrrole nitrogens is 1. The number of nitrogens with one attached hydrogen (secondary N) is 4. The summed E-state index contributed by atoms with van der Waals surface area (Å²) in [6.45, 7) is 4.78. The van der Waals surface area contributed by atoms with E-state index in [1.54, 1.807) is 44.2 Å². The van der Waals surface area contributed by atoms with E-state index in [9.17, 15) is 24.0 Å². The number of Topliss-reactive ketones (excluding diaryl/α,β-unsaturated/α-hetero) is 1. The molecule has 3 heterocycles. The van der Waals surface area contributed by atoms with Gasteiger partial charge in [-0.25, -0.2) is 4.79 Å². The van der Waals surface area contributed by atoms with Crippen LogP contribution in [0.3, 0.4) is 0 Å². The molecule has 12 heteroatoms. The Hall–Kier alpha value is -4.74. The Morgan fingerprint density at radius 2 is 1.93 bits per heavy atom. The Bertz CT molecular complexity index is 1510. The van der Waals surface area contributed by atoms with Crippen molar-refractivity contribution in [2.24, 2.45) is 5.92 Å². The fourth-order valence-corrected chi connectivity index (χ4v) is 5.19. The van der Waals surface area contributed by atoms with Gasteiger partial charge in [0, 0.05) is 29.1 Å². The number of amides is 3. The Morgan fingerprint density at radius 3 is 2.64 bits per heavy atom. The van der Waals surface area contributed by atoms with Crippen LogP contribution >= 0.6 is 0 Å². The number of ketones is 1. The second kappa shape index (κ2) is 13.3. The summed E-state index contributed by atoms with van der Waals surface area (Å²) in [5.41, 5.74) is 3.11. The minimum absolute atomic E-state index is 0.0356. The van der Waals surface area contributed by atoms with Crippen molar-refractivity contribution in [2.75, 3.05) is 26.8 Å². The van der Waals surface area contributed by atoms with E-state index in [0.29, 0.717) is 40.9 Å². The molecule has 0 aliphatic carbocycles. The maximum atomic E-state index is 13.2. The Kier molecular flexibility index (Phi) is 9.56. The number of rotatable bonds is 11. The van der Waals surface area contributed by atoms with Crippen LogP contribution < -0.4 is 20.7 Å². The van der Waals surface area contributed by atoms with E-state index >= 15 is 0 Å². The lowest BCUT2D eigenvalue weighted by Crippen LogP contribution is -2.49. The highest BCUT2D eigenvalue weighted by Gasteiger charge is 2.31. The molecular formula is C30H35N5O7. The Balaban J connectivity index is 1.40. The molecule has 4 N–H and O–H groups in total. The van der Waals surface area contributed by atoms with E-state index in [4.69, 9.17) is 9.47 Å². The van der Waals surface area contributed by atoms with E-state index < -0.39 is 48.7 Å². The molecule has 1 unspecified atom stereocenters. The molecule has 1 aliphatic heterocycles. The lowest BCUT2D eigenvalue weighted by atomic mass is 9.90. The average molecular weight is 578 g/mol. The normalized spacial score (nSPS) is 15.4. The summed E-state index contributed by atoms with van der Waals surface area (Å²) in [4.78, 5) is 71.2. The highest BCUT2D eigenvalue weighted by atomic mass is 16.5. The summed E-state index contributed by atoms with van der Waals surface area (Å²) in [5, 5.41) is 8.64. The third-order valence-corrected chi connectivity index (χ3v) is 7.22. The lowest BCUT2D eigenvalue weighted by Gasteiger charge is -2.26. The van der Waals surface area contributed by atoms with Crippen LogP contribution in [0, 0.1) is 26.7 Å². The van der Waals surface area contributed by atoms with Gasteiger partial charge in [0.1, 0.15) is 11.4 Å². The van der Waals surface area contributed by atoms with Crippen molar-refractivity contribution in [1.29, 1.82) is 0 Å². The Labute approximate surface area is 242 Å². The summed E-state index contributed by atoms with van der Waals surface area (Å²) >= 11 is 0. The van der Waals surface area contributed by atoms with Gasteiger partial charge in [-0.15, -0.1) is 0 Å². The van der Waals surface area contributed by atoms with Gasteiger partial charge in [-0.3, -0.25) is 24.2 Å². The molecule has 1 aliphatic rings. The van der Waals surface area contributed by atoms with Gasteiger partial charge in [0.05, 0.1) is 31.0 Å². The van der Waals surface area contributed by atoms with Crippen LogP contribution in [-0.4, -0.2) is 72.3 Å². The molecule has 2 aromatic heterocycles. The first kappa shape index (κ1) is 30.2. The first-order valence-corrected chi connectivity index (χ1v) is 13.7. The Morgan fingerprint density at radius 1 is 1.14 bits per heavy atom. The number of pyridine rings is 1. The van der Waals surface area contributed by atoms with E-state index in [0.717, 1.165) is 12.1 Å². The molecule has 0 radical (unpaired) electrons. The number of piperidine rings is 1. The molecule has 1 saturated heterocycles. The van der Waals surface area contributed by atoms with Crippen molar-refractivity contribution in [3.63, 3.8) is 0 Å². The summed E-state index contributed by atoms with van der Waals surface area (Å²) in [7, 11) is 1.53. The average Bonchev–Trinajstić information content (AvgIpc) is 3.39. The minimum Gasteiger partial charge on any atom is -0.496 e. The van der Waals surface area contributed by atoms with Gasteiger partial charge in [-0.2, -0.15) is 0 Å². The number of aryl methyl sites for hydroxylation is 3. The summed E-state index contributed by atoms with van der Waals surface area (Å²) in [5.74, 6) is -2.53. The molecule has 2 atom stereocenters. The third-order valence-electron chi connectivity index (χ3n) is 7.22. The molecule has 1 aromatic carbocycles. The number of esters is 1. The zero-order chi connectivity index (χ0) is 30.4. The minimum atomic E-state index is -1.10. The number of methoxy groups -OCH3 is 1. The smallest absolute Gasteiger partial charge is 0.340 e. The quantitative estimate of drug-likeness (QED) is 0.251. The third kappa shape index (κ3) is 7.12. The molecule has 0 spiro atoms. The van der Waals surface area contributed by atoms with Crippen molar-refractivity contribution >= 4 is 40.4 Å². The summed E-state index contributed by atoms with van der Waals surface area (Å²) in [6.07, 6.45) is 1.33. The van der Waals surface area contributed by atoms with Gasteiger partial charge in [0.2, 0.25) is 11.8 Å². The number of carbonyl (C=O) groups excluding carboxylic acids is 5. The molecule has 12 nitrogen and oxygen atoms in total. The van der Waals surface area contributed by atoms with E-state index in [2.05, 4.69) is 25.9 Å². The summed E-state index contributed by atoms with van der Waals surface area (Å²) in [6, 6.07) is 7.61. The zero-order valence-electron chi connectivity index (χ0n) is 24.1. The van der Waals surface area contributed by atoms with Crippen LogP contribution in [0.1, 0.15) is 57.1 Å². The van der Waals surface area contributed by atoms with Crippen molar-refractivity contribution in [3.05, 3.63) is 58.5 Å². The monoisotopic (exact) mass is 577 g/mol. The molecule has 3 amide bonds.